The first-order valence-corrected chi connectivity index (χ1v) is 13.8. The minimum atomic E-state index is -0.596. The maximum absolute atomic E-state index is 14.8. The van der Waals surface area contributed by atoms with E-state index in [9.17, 15) is 18.4 Å². The molecule has 2 fully saturated rings. The average molecular weight is 506 g/mol. The Bertz CT molecular complexity index is 895. The van der Waals surface area contributed by atoms with Crippen molar-refractivity contribution >= 4 is 11.7 Å². The second-order valence-electron chi connectivity index (χ2n) is 11.7. The summed E-state index contributed by atoms with van der Waals surface area (Å²) in [7, 11) is 0. The van der Waals surface area contributed by atoms with Gasteiger partial charge in [0, 0.05) is 74.5 Å². The van der Waals surface area contributed by atoms with Crippen molar-refractivity contribution in [1.82, 2.24) is 15.1 Å². The molecule has 1 amide bonds. The zero-order chi connectivity index (χ0) is 26.5. The summed E-state index contributed by atoms with van der Waals surface area (Å²) < 4.78 is 28.3. The van der Waals surface area contributed by atoms with Gasteiger partial charge in [0.25, 0.3) is 0 Å². The van der Waals surface area contributed by atoms with Gasteiger partial charge in [-0.3, -0.25) is 14.5 Å². The number of halogens is 2. The van der Waals surface area contributed by atoms with E-state index in [2.05, 4.69) is 31.0 Å². The van der Waals surface area contributed by atoms with Gasteiger partial charge in [0.2, 0.25) is 5.91 Å². The lowest BCUT2D eigenvalue weighted by molar-refractivity contribution is -0.135. The van der Waals surface area contributed by atoms with Gasteiger partial charge in [0.1, 0.15) is 17.4 Å². The van der Waals surface area contributed by atoms with Gasteiger partial charge in [0.05, 0.1) is 0 Å². The summed E-state index contributed by atoms with van der Waals surface area (Å²) in [5.41, 5.74) is 0.301. The number of amides is 1. The van der Waals surface area contributed by atoms with Crippen LogP contribution in [0.2, 0.25) is 0 Å². The third-order valence-electron chi connectivity index (χ3n) is 8.18. The SMILES string of the molecule is CCC(CCCC[C@H](C)C(=O)N1CCNCC1)C(=O)[C@@H]1CN(C(C)(C)C)C[C@H]1c1ccc(F)cc1F. The van der Waals surface area contributed by atoms with E-state index in [-0.39, 0.29) is 40.9 Å². The van der Waals surface area contributed by atoms with Crippen LogP contribution in [0.25, 0.3) is 0 Å². The lowest BCUT2D eigenvalue weighted by atomic mass is 9.79. The van der Waals surface area contributed by atoms with Gasteiger partial charge >= 0.3 is 0 Å². The Labute approximate surface area is 216 Å². The Balaban J connectivity index is 1.61. The summed E-state index contributed by atoms with van der Waals surface area (Å²) in [5, 5.41) is 3.28. The van der Waals surface area contributed by atoms with Crippen molar-refractivity contribution in [2.24, 2.45) is 17.8 Å². The molecule has 2 aliphatic heterocycles. The molecule has 0 spiro atoms. The van der Waals surface area contributed by atoms with E-state index in [0.717, 1.165) is 64.3 Å². The molecule has 0 radical (unpaired) electrons. The number of rotatable bonds is 10. The van der Waals surface area contributed by atoms with E-state index in [1.807, 2.05) is 18.7 Å². The fourth-order valence-electron chi connectivity index (χ4n) is 5.77. The molecule has 0 bridgehead atoms. The Morgan fingerprint density at radius 2 is 1.75 bits per heavy atom. The topological polar surface area (TPSA) is 52.7 Å². The molecule has 1 aromatic rings. The van der Waals surface area contributed by atoms with Crippen LogP contribution in [0.5, 0.6) is 0 Å². The standard InChI is InChI=1S/C29H45F2N3O2/c1-6-21(10-8-7-9-20(2)28(36)33-15-13-32-14-16-33)27(35)25-19-34(29(3,4)5)18-24(25)23-12-11-22(30)17-26(23)31/h11-12,17,20-21,24-25,32H,6-10,13-16,18-19H2,1-5H3/t20-,21?,24-,25+/m0/s1. The molecule has 5 nitrogen and oxygen atoms in total. The van der Waals surface area contributed by atoms with E-state index in [0.29, 0.717) is 18.7 Å². The summed E-state index contributed by atoms with van der Waals surface area (Å²) in [5.74, 6) is -1.39. The highest BCUT2D eigenvalue weighted by Gasteiger charge is 2.44. The summed E-state index contributed by atoms with van der Waals surface area (Å²) >= 11 is 0. The van der Waals surface area contributed by atoms with Crippen molar-refractivity contribution in [3.8, 4) is 0 Å². The van der Waals surface area contributed by atoms with Crippen LogP contribution in [0.1, 0.15) is 78.2 Å². The van der Waals surface area contributed by atoms with Crippen molar-refractivity contribution in [1.29, 1.82) is 0 Å². The molecule has 0 aromatic heterocycles. The summed E-state index contributed by atoms with van der Waals surface area (Å²) in [6.45, 7) is 14.8. The number of Topliss-reactive ketones (excluding diaryl/α,β-unsaturated/α-hetero) is 1. The van der Waals surface area contributed by atoms with Crippen LogP contribution >= 0.6 is 0 Å². The first-order chi connectivity index (χ1) is 17.0. The third-order valence-corrected chi connectivity index (χ3v) is 8.18. The van der Waals surface area contributed by atoms with E-state index in [4.69, 9.17) is 0 Å². The smallest absolute Gasteiger partial charge is 0.225 e. The quantitative estimate of drug-likeness (QED) is 0.455. The molecule has 4 atom stereocenters. The molecule has 1 N–H and O–H groups in total. The van der Waals surface area contributed by atoms with Crippen LogP contribution in [0, 0.1) is 29.4 Å². The minimum absolute atomic E-state index is 0.000106. The molecule has 2 heterocycles. The molecule has 1 aromatic carbocycles. The summed E-state index contributed by atoms with van der Waals surface area (Å²) in [6, 6.07) is 3.73. The molecule has 36 heavy (non-hydrogen) atoms. The van der Waals surface area contributed by atoms with Crippen molar-refractivity contribution in [3.63, 3.8) is 0 Å². The average Bonchev–Trinajstić information content (AvgIpc) is 3.29. The number of ketones is 1. The second kappa shape index (κ2) is 12.6. The number of benzene rings is 1. The van der Waals surface area contributed by atoms with E-state index < -0.39 is 11.6 Å². The van der Waals surface area contributed by atoms with Crippen LogP contribution in [-0.4, -0.2) is 66.3 Å². The zero-order valence-electron chi connectivity index (χ0n) is 22.8. The van der Waals surface area contributed by atoms with Crippen LogP contribution < -0.4 is 5.32 Å². The Kier molecular flexibility index (Phi) is 10.0. The number of carbonyl (C=O) groups excluding carboxylic acids is 2. The van der Waals surface area contributed by atoms with Gasteiger partial charge in [0.15, 0.2) is 0 Å². The van der Waals surface area contributed by atoms with Crippen molar-refractivity contribution in [3.05, 3.63) is 35.4 Å². The summed E-state index contributed by atoms with van der Waals surface area (Å²) in [4.78, 5) is 30.6. The lowest BCUT2D eigenvalue weighted by Gasteiger charge is -2.32. The number of hydrogen-bond acceptors (Lipinski definition) is 4. The zero-order valence-corrected chi connectivity index (χ0v) is 22.8. The lowest BCUT2D eigenvalue weighted by Crippen LogP contribution is -2.48. The number of carbonyl (C=O) groups is 2. The van der Waals surface area contributed by atoms with Gasteiger partial charge in [-0.1, -0.05) is 32.8 Å². The van der Waals surface area contributed by atoms with Gasteiger partial charge in [-0.25, -0.2) is 8.78 Å². The molecule has 0 aliphatic carbocycles. The van der Waals surface area contributed by atoms with Crippen molar-refractivity contribution < 1.29 is 18.4 Å². The maximum Gasteiger partial charge on any atom is 0.225 e. The minimum Gasteiger partial charge on any atom is -0.340 e. The summed E-state index contributed by atoms with van der Waals surface area (Å²) in [6.07, 6.45) is 4.18. The predicted octanol–water partition coefficient (Wildman–Crippen LogP) is 5.00. The van der Waals surface area contributed by atoms with Crippen LogP contribution in [-0.2, 0) is 9.59 Å². The monoisotopic (exact) mass is 505 g/mol. The molecule has 0 saturated carbocycles. The van der Waals surface area contributed by atoms with E-state index in [1.54, 1.807) is 0 Å². The molecule has 7 heteroatoms. The third kappa shape index (κ3) is 7.12. The van der Waals surface area contributed by atoms with E-state index >= 15 is 0 Å². The number of nitrogens with one attached hydrogen (secondary N) is 1. The molecule has 1 unspecified atom stereocenters. The molecule has 2 saturated heterocycles. The van der Waals surface area contributed by atoms with E-state index in [1.165, 1.54) is 12.1 Å². The Morgan fingerprint density at radius 3 is 2.36 bits per heavy atom. The maximum atomic E-state index is 14.8. The van der Waals surface area contributed by atoms with Gasteiger partial charge < -0.3 is 10.2 Å². The number of piperazine rings is 1. The normalized spacial score (nSPS) is 23.0. The Hall–Kier alpha value is -1.86. The molecule has 3 rings (SSSR count). The fraction of sp³-hybridized carbons (Fsp3) is 0.724. The van der Waals surface area contributed by atoms with Crippen molar-refractivity contribution in [2.75, 3.05) is 39.3 Å². The second-order valence-corrected chi connectivity index (χ2v) is 11.7. The van der Waals surface area contributed by atoms with Gasteiger partial charge in [-0.2, -0.15) is 0 Å². The largest absolute Gasteiger partial charge is 0.340 e. The molecule has 202 valence electrons. The number of likely N-dealkylation sites (tertiary alicyclic amines) is 1. The number of unbranched alkanes of at least 4 members (excludes halogenated alkanes) is 1. The molecular formula is C29H45F2N3O2. The number of nitrogens with zero attached hydrogens (tertiary/aromatic N) is 2. The van der Waals surface area contributed by atoms with Crippen LogP contribution in [0.3, 0.4) is 0 Å². The first-order valence-electron chi connectivity index (χ1n) is 13.8. The first kappa shape index (κ1) is 28.7. The van der Waals surface area contributed by atoms with Crippen molar-refractivity contribution in [2.45, 2.75) is 78.2 Å². The Morgan fingerprint density at radius 1 is 1.08 bits per heavy atom. The number of hydrogen-bond donors (Lipinski definition) is 1. The predicted molar refractivity (Wildman–Crippen MR) is 140 cm³/mol. The fourth-order valence-corrected chi connectivity index (χ4v) is 5.77. The molecular weight excluding hydrogens is 460 g/mol. The van der Waals surface area contributed by atoms with Gasteiger partial charge in [-0.15, -0.1) is 0 Å². The van der Waals surface area contributed by atoms with Gasteiger partial charge in [-0.05, 0) is 51.7 Å². The van der Waals surface area contributed by atoms with Crippen LogP contribution in [0.4, 0.5) is 8.78 Å². The highest BCUT2D eigenvalue weighted by Crippen LogP contribution is 2.40. The highest BCUT2D eigenvalue weighted by atomic mass is 19.1. The highest BCUT2D eigenvalue weighted by molar-refractivity contribution is 5.85. The van der Waals surface area contributed by atoms with Crippen LogP contribution in [0.15, 0.2) is 18.2 Å². The molecule has 2 aliphatic rings.